The Hall–Kier alpha value is -3.46. The van der Waals surface area contributed by atoms with Crippen molar-refractivity contribution in [1.82, 2.24) is 0 Å². The lowest BCUT2D eigenvalue weighted by Gasteiger charge is -2.23. The summed E-state index contributed by atoms with van der Waals surface area (Å²) in [6, 6.07) is 19.5. The lowest BCUT2D eigenvalue weighted by molar-refractivity contribution is -0.659. The fourth-order valence-electron chi connectivity index (χ4n) is 4.57. The van der Waals surface area contributed by atoms with Crippen LogP contribution in [0.2, 0.25) is 0 Å². The van der Waals surface area contributed by atoms with Crippen LogP contribution in [0.4, 0.5) is 4.39 Å². The predicted molar refractivity (Wildman–Crippen MR) is 110 cm³/mol. The molecule has 0 atom stereocenters. The van der Waals surface area contributed by atoms with Gasteiger partial charge < -0.3 is 4.74 Å². The van der Waals surface area contributed by atoms with E-state index in [0.29, 0.717) is 0 Å². The van der Waals surface area contributed by atoms with E-state index in [4.69, 9.17) is 4.74 Å². The number of aromatic nitrogens is 1. The van der Waals surface area contributed by atoms with Crippen molar-refractivity contribution in [3.8, 4) is 22.8 Å². The first-order valence-electron chi connectivity index (χ1n) is 9.37. The first-order chi connectivity index (χ1) is 13.6. The van der Waals surface area contributed by atoms with Crippen molar-refractivity contribution < 1.29 is 13.7 Å². The molecule has 3 heteroatoms. The predicted octanol–water partition coefficient (Wildman–Crippen LogP) is 6.19. The molecule has 6 rings (SSSR count). The maximum Gasteiger partial charge on any atom is 0.228 e. The molecule has 0 saturated heterocycles. The van der Waals surface area contributed by atoms with Gasteiger partial charge in [0.25, 0.3) is 0 Å². The molecule has 2 heterocycles. The molecule has 28 heavy (non-hydrogen) atoms. The molecule has 0 radical (unpaired) electrons. The summed E-state index contributed by atoms with van der Waals surface area (Å²) < 4.78 is 22.5. The third kappa shape index (κ3) is 1.93. The van der Waals surface area contributed by atoms with Gasteiger partial charge in [-0.05, 0) is 64.4 Å². The van der Waals surface area contributed by atoms with Gasteiger partial charge in [-0.1, -0.05) is 24.3 Å². The zero-order chi connectivity index (χ0) is 19.0. The highest BCUT2D eigenvalue weighted by Crippen LogP contribution is 2.50. The number of nitrogens with zero attached hydrogens (tertiary/aromatic N) is 1. The van der Waals surface area contributed by atoms with Crippen LogP contribution in [0.15, 0.2) is 66.9 Å². The zero-order valence-electron chi connectivity index (χ0n) is 15.6. The van der Waals surface area contributed by atoms with Crippen molar-refractivity contribution in [3.05, 3.63) is 78.2 Å². The third-order valence-electron chi connectivity index (χ3n) is 5.87. The average molecular weight is 366 g/mol. The van der Waals surface area contributed by atoms with Gasteiger partial charge in [0, 0.05) is 11.5 Å². The van der Waals surface area contributed by atoms with Gasteiger partial charge in [-0.15, -0.1) is 0 Å². The van der Waals surface area contributed by atoms with Gasteiger partial charge in [-0.3, -0.25) is 0 Å². The Bertz CT molecular complexity index is 1470. The number of halogens is 1. The van der Waals surface area contributed by atoms with Crippen LogP contribution in [0.1, 0.15) is 5.56 Å². The minimum Gasteiger partial charge on any atom is -0.455 e. The van der Waals surface area contributed by atoms with Gasteiger partial charge in [0.2, 0.25) is 5.69 Å². The molecule has 0 fully saturated rings. The highest BCUT2D eigenvalue weighted by Gasteiger charge is 2.31. The fraction of sp³-hybridized carbons (Fsp3) is 0.0800. The lowest BCUT2D eigenvalue weighted by Crippen LogP contribution is -2.31. The van der Waals surface area contributed by atoms with E-state index in [0.717, 1.165) is 49.7 Å². The molecule has 1 aliphatic rings. The SMILES string of the molecule is Cc1c2c(cc3ccccc13)Oc1c3ccc(F)cc3cc3cc[n+](C)c-2c13. The first kappa shape index (κ1) is 15.6. The van der Waals surface area contributed by atoms with Gasteiger partial charge >= 0.3 is 0 Å². The van der Waals surface area contributed by atoms with Crippen LogP contribution in [0.3, 0.4) is 0 Å². The number of fused-ring (bicyclic) bond motifs is 5. The number of hydrogen-bond donors (Lipinski definition) is 0. The molecule has 134 valence electrons. The van der Waals surface area contributed by atoms with Crippen LogP contribution < -0.4 is 9.30 Å². The molecular weight excluding hydrogens is 349 g/mol. The second-order valence-corrected chi connectivity index (χ2v) is 7.51. The van der Waals surface area contributed by atoms with Crippen molar-refractivity contribution in [1.29, 1.82) is 0 Å². The summed E-state index contributed by atoms with van der Waals surface area (Å²) >= 11 is 0. The van der Waals surface area contributed by atoms with Crippen molar-refractivity contribution in [2.45, 2.75) is 6.92 Å². The summed E-state index contributed by atoms with van der Waals surface area (Å²) in [6.45, 7) is 2.16. The zero-order valence-corrected chi connectivity index (χ0v) is 15.6. The minimum atomic E-state index is -0.237. The second kappa shape index (κ2) is 5.29. The monoisotopic (exact) mass is 366 g/mol. The Labute approximate surface area is 161 Å². The van der Waals surface area contributed by atoms with Crippen molar-refractivity contribution in [2.24, 2.45) is 7.05 Å². The summed E-state index contributed by atoms with van der Waals surface area (Å²) in [7, 11) is 2.07. The number of benzene rings is 4. The Balaban J connectivity index is 1.85. The quantitative estimate of drug-likeness (QED) is 0.231. The van der Waals surface area contributed by atoms with Gasteiger partial charge in [0.05, 0.1) is 10.9 Å². The molecule has 0 unspecified atom stereocenters. The van der Waals surface area contributed by atoms with E-state index in [-0.39, 0.29) is 5.82 Å². The topological polar surface area (TPSA) is 13.1 Å². The molecule has 5 aromatic rings. The molecule has 0 amide bonds. The van der Waals surface area contributed by atoms with E-state index in [2.05, 4.69) is 55.1 Å². The number of aryl methyl sites for hydroxylation is 2. The Morgan fingerprint density at radius 3 is 2.61 bits per heavy atom. The van der Waals surface area contributed by atoms with Crippen LogP contribution in [-0.4, -0.2) is 0 Å². The molecule has 0 spiro atoms. The molecular formula is C25H17FNO+. The Morgan fingerprint density at radius 2 is 1.71 bits per heavy atom. The van der Waals surface area contributed by atoms with Crippen LogP contribution in [0.25, 0.3) is 43.6 Å². The highest BCUT2D eigenvalue weighted by atomic mass is 19.1. The normalized spacial score (nSPS) is 12.4. The van der Waals surface area contributed by atoms with E-state index in [1.807, 2.05) is 18.2 Å². The molecule has 0 bridgehead atoms. The largest absolute Gasteiger partial charge is 0.455 e. The minimum absolute atomic E-state index is 0.237. The van der Waals surface area contributed by atoms with E-state index in [1.165, 1.54) is 17.0 Å². The summed E-state index contributed by atoms with van der Waals surface area (Å²) in [5.74, 6) is 1.42. The van der Waals surface area contributed by atoms with Gasteiger partial charge in [0.15, 0.2) is 6.20 Å². The molecule has 1 aromatic heterocycles. The Morgan fingerprint density at radius 1 is 0.857 bits per heavy atom. The van der Waals surface area contributed by atoms with Gasteiger partial charge in [-0.2, -0.15) is 0 Å². The standard InChI is InChI=1S/C25H17FNO/c1-14-19-6-4-3-5-15(19)13-21-22(14)24-23-16(9-10-27(24)2)11-17-12-18(26)7-8-20(17)25(23)28-21/h3-13H,1-2H3/q+1. The van der Waals surface area contributed by atoms with Gasteiger partial charge in [-0.25, -0.2) is 8.96 Å². The van der Waals surface area contributed by atoms with E-state index >= 15 is 0 Å². The molecule has 0 N–H and O–H groups in total. The average Bonchev–Trinajstić information content (AvgIpc) is 2.69. The van der Waals surface area contributed by atoms with Crippen LogP contribution in [0.5, 0.6) is 11.5 Å². The van der Waals surface area contributed by atoms with E-state index in [1.54, 1.807) is 6.07 Å². The van der Waals surface area contributed by atoms with Crippen molar-refractivity contribution in [2.75, 3.05) is 0 Å². The number of ether oxygens (including phenoxy) is 1. The second-order valence-electron chi connectivity index (χ2n) is 7.51. The number of hydrogen-bond acceptors (Lipinski definition) is 1. The maximum atomic E-state index is 13.9. The summed E-state index contributed by atoms with van der Waals surface area (Å²) in [5, 5.41) is 6.30. The fourth-order valence-corrected chi connectivity index (χ4v) is 4.57. The third-order valence-corrected chi connectivity index (χ3v) is 5.87. The smallest absolute Gasteiger partial charge is 0.228 e. The maximum absolute atomic E-state index is 13.9. The lowest BCUT2D eigenvalue weighted by atomic mass is 9.90. The summed E-state index contributed by atoms with van der Waals surface area (Å²) in [6.07, 6.45) is 2.07. The van der Waals surface area contributed by atoms with Crippen LogP contribution >= 0.6 is 0 Å². The van der Waals surface area contributed by atoms with E-state index < -0.39 is 0 Å². The van der Waals surface area contributed by atoms with Gasteiger partial charge in [0.1, 0.15) is 24.4 Å². The summed E-state index contributed by atoms with van der Waals surface area (Å²) in [5.41, 5.74) is 3.48. The van der Waals surface area contributed by atoms with Crippen LogP contribution in [-0.2, 0) is 7.05 Å². The summed E-state index contributed by atoms with van der Waals surface area (Å²) in [4.78, 5) is 0. The first-order valence-corrected chi connectivity index (χ1v) is 9.37. The molecule has 0 saturated carbocycles. The Kier molecular flexibility index (Phi) is 2.95. The highest BCUT2D eigenvalue weighted by molar-refractivity contribution is 6.13. The molecule has 0 aliphatic carbocycles. The molecule has 1 aliphatic heterocycles. The van der Waals surface area contributed by atoms with Crippen molar-refractivity contribution in [3.63, 3.8) is 0 Å². The van der Waals surface area contributed by atoms with E-state index in [9.17, 15) is 4.39 Å². The number of rotatable bonds is 0. The molecule has 2 nitrogen and oxygen atoms in total. The van der Waals surface area contributed by atoms with Crippen LogP contribution in [0, 0.1) is 12.7 Å². The number of pyridine rings is 1. The molecule has 4 aromatic carbocycles. The van der Waals surface area contributed by atoms with Crippen molar-refractivity contribution >= 4 is 32.3 Å².